The standard InChI is InChI=1S/C63H42N4/c1-3-17-52(18-4-1)65(54-31-27-45(28-32-54)63-64-59-21-11-12-22-62(59)67(63)53-19-5-2-6-20-53)55-33-35-56(36-34-55)66-60-37-29-50(48-25-23-43-13-7-9-15-46(43)39-48)41-57(60)58-42-51(30-38-61(58)66)49-26-24-44-14-8-10-16-47(44)40-49/h1-42H. The highest BCUT2D eigenvalue weighted by molar-refractivity contribution is 6.12. The van der Waals surface area contributed by atoms with Crippen molar-refractivity contribution in [2.24, 2.45) is 0 Å². The van der Waals surface area contributed by atoms with Gasteiger partial charge in [-0.05, 0) is 165 Å². The number of para-hydroxylation sites is 4. The monoisotopic (exact) mass is 854 g/mol. The molecule has 2 heterocycles. The lowest BCUT2D eigenvalue weighted by Crippen LogP contribution is -2.10. The molecule has 0 atom stereocenters. The SMILES string of the molecule is c1ccc(N(c2ccc(-c3nc4ccccc4n3-c3ccccc3)cc2)c2ccc(-n3c4ccc(-c5ccc6ccccc6c5)cc4c4cc(-c5ccc6ccccc6c5)ccc43)cc2)cc1. The van der Waals surface area contributed by atoms with Gasteiger partial charge >= 0.3 is 0 Å². The van der Waals surface area contributed by atoms with Gasteiger partial charge in [0.2, 0.25) is 0 Å². The van der Waals surface area contributed by atoms with Crippen LogP contribution in [0.25, 0.3) is 99.4 Å². The van der Waals surface area contributed by atoms with Gasteiger partial charge in [0.15, 0.2) is 0 Å². The van der Waals surface area contributed by atoms with Crippen LogP contribution < -0.4 is 4.90 Å². The molecule has 0 saturated heterocycles. The lowest BCUT2D eigenvalue weighted by Gasteiger charge is -2.26. The molecule has 13 rings (SSSR count). The number of rotatable bonds is 8. The topological polar surface area (TPSA) is 26.0 Å². The van der Waals surface area contributed by atoms with Crippen molar-refractivity contribution >= 4 is 71.4 Å². The smallest absolute Gasteiger partial charge is 0.145 e. The Labute approximate surface area is 388 Å². The van der Waals surface area contributed by atoms with Crippen molar-refractivity contribution in [3.63, 3.8) is 0 Å². The molecule has 0 saturated carbocycles. The Balaban J connectivity index is 0.916. The van der Waals surface area contributed by atoms with Gasteiger partial charge in [-0.15, -0.1) is 0 Å². The summed E-state index contributed by atoms with van der Waals surface area (Å²) >= 11 is 0. The number of imidazole rings is 1. The van der Waals surface area contributed by atoms with E-state index in [0.717, 1.165) is 50.9 Å². The van der Waals surface area contributed by atoms with Crippen LogP contribution in [-0.4, -0.2) is 14.1 Å². The predicted molar refractivity (Wildman–Crippen MR) is 281 cm³/mol. The Bertz CT molecular complexity index is 3820. The molecule has 0 N–H and O–H groups in total. The molecule has 0 aliphatic heterocycles. The van der Waals surface area contributed by atoms with Crippen LogP contribution in [0.4, 0.5) is 17.1 Å². The van der Waals surface area contributed by atoms with Gasteiger partial charge < -0.3 is 9.47 Å². The van der Waals surface area contributed by atoms with Gasteiger partial charge in [0, 0.05) is 44.8 Å². The van der Waals surface area contributed by atoms with Crippen molar-refractivity contribution in [1.29, 1.82) is 0 Å². The van der Waals surface area contributed by atoms with E-state index in [1.807, 2.05) is 6.07 Å². The average Bonchev–Trinajstić information content (AvgIpc) is 3.95. The largest absolute Gasteiger partial charge is 0.311 e. The van der Waals surface area contributed by atoms with E-state index in [9.17, 15) is 0 Å². The van der Waals surface area contributed by atoms with Gasteiger partial charge in [0.05, 0.1) is 22.1 Å². The molecule has 0 amide bonds. The van der Waals surface area contributed by atoms with E-state index in [0.29, 0.717) is 0 Å². The molecular weight excluding hydrogens is 813 g/mol. The van der Waals surface area contributed by atoms with Crippen LogP contribution in [0.3, 0.4) is 0 Å². The normalized spacial score (nSPS) is 11.6. The third-order valence-corrected chi connectivity index (χ3v) is 13.3. The minimum atomic E-state index is 0.912. The van der Waals surface area contributed by atoms with Gasteiger partial charge in [-0.2, -0.15) is 0 Å². The number of benzene rings is 11. The van der Waals surface area contributed by atoms with Crippen molar-refractivity contribution < 1.29 is 0 Å². The van der Waals surface area contributed by atoms with E-state index in [1.54, 1.807) is 0 Å². The molecule has 2 aromatic heterocycles. The molecule has 0 fully saturated rings. The fraction of sp³-hybridized carbons (Fsp3) is 0. The quantitative estimate of drug-likeness (QED) is 0.152. The molecule has 0 unspecified atom stereocenters. The first-order valence-electron chi connectivity index (χ1n) is 22.9. The zero-order valence-electron chi connectivity index (χ0n) is 36.5. The van der Waals surface area contributed by atoms with Crippen LogP contribution in [0.2, 0.25) is 0 Å². The Hall–Kier alpha value is -8.99. The van der Waals surface area contributed by atoms with E-state index in [4.69, 9.17) is 4.98 Å². The van der Waals surface area contributed by atoms with Crippen molar-refractivity contribution in [1.82, 2.24) is 14.1 Å². The molecule has 11 aromatic carbocycles. The van der Waals surface area contributed by atoms with Crippen LogP contribution in [0.5, 0.6) is 0 Å². The number of nitrogens with zero attached hydrogens (tertiary/aromatic N) is 4. The Morgan fingerprint density at radius 2 is 0.716 bits per heavy atom. The second kappa shape index (κ2) is 15.9. The molecule has 4 heteroatoms. The fourth-order valence-corrected chi connectivity index (χ4v) is 9.99. The minimum absolute atomic E-state index is 0.912. The molecule has 0 bridgehead atoms. The van der Waals surface area contributed by atoms with Crippen molar-refractivity contribution in [2.45, 2.75) is 0 Å². The number of hydrogen-bond donors (Lipinski definition) is 0. The van der Waals surface area contributed by atoms with Gasteiger partial charge in [-0.3, -0.25) is 4.57 Å². The van der Waals surface area contributed by atoms with Crippen LogP contribution in [0.1, 0.15) is 0 Å². The summed E-state index contributed by atoms with van der Waals surface area (Å²) in [6.45, 7) is 0. The highest BCUT2D eigenvalue weighted by Crippen LogP contribution is 2.41. The summed E-state index contributed by atoms with van der Waals surface area (Å²) in [6, 6.07) is 91.9. The summed E-state index contributed by atoms with van der Waals surface area (Å²) in [7, 11) is 0. The summed E-state index contributed by atoms with van der Waals surface area (Å²) in [5, 5.41) is 7.42. The van der Waals surface area contributed by atoms with Crippen LogP contribution in [-0.2, 0) is 0 Å². The Morgan fingerprint density at radius 3 is 1.31 bits per heavy atom. The summed E-state index contributed by atoms with van der Waals surface area (Å²) < 4.78 is 4.67. The maximum absolute atomic E-state index is 5.14. The minimum Gasteiger partial charge on any atom is -0.311 e. The first-order valence-corrected chi connectivity index (χ1v) is 22.9. The highest BCUT2D eigenvalue weighted by atomic mass is 15.1. The number of anilines is 3. The molecule has 4 nitrogen and oxygen atoms in total. The van der Waals surface area contributed by atoms with Crippen molar-refractivity contribution in [2.75, 3.05) is 4.90 Å². The second-order valence-corrected chi connectivity index (χ2v) is 17.3. The zero-order chi connectivity index (χ0) is 44.3. The number of aromatic nitrogens is 3. The summed E-state index contributed by atoms with van der Waals surface area (Å²) in [4.78, 5) is 7.46. The summed E-state index contributed by atoms with van der Waals surface area (Å²) in [5.41, 5.74) is 15.6. The lowest BCUT2D eigenvalue weighted by atomic mass is 9.98. The lowest BCUT2D eigenvalue weighted by molar-refractivity contribution is 1.10. The van der Waals surface area contributed by atoms with Crippen LogP contribution >= 0.6 is 0 Å². The predicted octanol–water partition coefficient (Wildman–Crippen LogP) is 16.9. The van der Waals surface area contributed by atoms with Gasteiger partial charge in [0.1, 0.15) is 5.82 Å². The Morgan fingerprint density at radius 1 is 0.284 bits per heavy atom. The van der Waals surface area contributed by atoms with Crippen LogP contribution in [0, 0.1) is 0 Å². The molecule has 314 valence electrons. The molecule has 0 aliphatic carbocycles. The molecular formula is C63H42N4. The summed E-state index contributed by atoms with van der Waals surface area (Å²) in [6.07, 6.45) is 0. The molecule has 0 spiro atoms. The average molecular weight is 855 g/mol. The summed E-state index contributed by atoms with van der Waals surface area (Å²) in [5.74, 6) is 0.912. The van der Waals surface area contributed by atoms with E-state index in [-0.39, 0.29) is 0 Å². The van der Waals surface area contributed by atoms with Crippen molar-refractivity contribution in [3.8, 4) is 45.0 Å². The van der Waals surface area contributed by atoms with Gasteiger partial charge in [-0.25, -0.2) is 4.98 Å². The maximum atomic E-state index is 5.14. The molecule has 13 aromatic rings. The molecule has 67 heavy (non-hydrogen) atoms. The van der Waals surface area contributed by atoms with E-state index < -0.39 is 0 Å². The molecule has 0 radical (unpaired) electrons. The molecule has 0 aliphatic rings. The fourth-order valence-electron chi connectivity index (χ4n) is 9.99. The first kappa shape index (κ1) is 38.5. The van der Waals surface area contributed by atoms with Crippen LogP contribution in [0.15, 0.2) is 255 Å². The van der Waals surface area contributed by atoms with Gasteiger partial charge in [-0.1, -0.05) is 133 Å². The third kappa shape index (κ3) is 6.74. The second-order valence-electron chi connectivity index (χ2n) is 17.3. The van der Waals surface area contributed by atoms with Crippen molar-refractivity contribution in [3.05, 3.63) is 255 Å². The zero-order valence-corrected chi connectivity index (χ0v) is 36.5. The maximum Gasteiger partial charge on any atom is 0.145 e. The first-order chi connectivity index (χ1) is 33.2. The van der Waals surface area contributed by atoms with Gasteiger partial charge in [0.25, 0.3) is 0 Å². The van der Waals surface area contributed by atoms with E-state index in [1.165, 1.54) is 65.6 Å². The Kier molecular flexibility index (Phi) is 9.14. The number of hydrogen-bond acceptors (Lipinski definition) is 2. The third-order valence-electron chi connectivity index (χ3n) is 13.3. The van der Waals surface area contributed by atoms with E-state index in [2.05, 4.69) is 263 Å². The van der Waals surface area contributed by atoms with E-state index >= 15 is 0 Å². The number of fused-ring (bicyclic) bond motifs is 6. The highest BCUT2D eigenvalue weighted by Gasteiger charge is 2.19.